The van der Waals surface area contributed by atoms with Crippen LogP contribution in [0.3, 0.4) is 0 Å². The van der Waals surface area contributed by atoms with Gasteiger partial charge in [-0.2, -0.15) is 0 Å². The lowest BCUT2D eigenvalue weighted by atomic mass is 9.95. The molecule has 1 amide bonds. The Balaban J connectivity index is 0.00000180. The van der Waals surface area contributed by atoms with Crippen LogP contribution in [-0.2, 0) is 11.2 Å². The maximum atomic E-state index is 12.0. The maximum Gasteiger partial charge on any atom is 0.223 e. The lowest BCUT2D eigenvalue weighted by molar-refractivity contribution is -0.125. The minimum Gasteiger partial charge on any atom is -0.355 e. The van der Waals surface area contributed by atoms with Crippen molar-refractivity contribution in [3.8, 4) is 0 Å². The topological polar surface area (TPSA) is 55.1 Å². The zero-order valence-electron chi connectivity index (χ0n) is 10.7. The van der Waals surface area contributed by atoms with E-state index in [0.29, 0.717) is 12.5 Å². The number of nitrogens with one attached hydrogen (secondary N) is 1. The normalized spacial score (nSPS) is 22.0. The van der Waals surface area contributed by atoms with Crippen molar-refractivity contribution in [2.45, 2.75) is 25.7 Å². The van der Waals surface area contributed by atoms with Gasteiger partial charge in [0.05, 0.1) is 2.88 Å². The molecule has 19 heavy (non-hydrogen) atoms. The number of rotatable bonds is 5. The molecule has 1 saturated carbocycles. The fourth-order valence-corrected chi connectivity index (χ4v) is 4.35. The average Bonchev–Trinajstić information content (AvgIpc) is 2.97. The summed E-state index contributed by atoms with van der Waals surface area (Å²) in [7, 11) is 0. The zero-order chi connectivity index (χ0) is 13.0. The summed E-state index contributed by atoms with van der Waals surface area (Å²) in [5.41, 5.74) is 5.71. The smallest absolute Gasteiger partial charge is 0.223 e. The minimum absolute atomic E-state index is 0. The second-order valence-electron chi connectivity index (χ2n) is 4.78. The number of carbonyl (C=O) groups is 1. The SMILES string of the molecule is Cl.NC[C@H]1CCC[C@H]1C(=O)NCCc1ccc(I)s1. The Labute approximate surface area is 138 Å². The van der Waals surface area contributed by atoms with Crippen molar-refractivity contribution < 1.29 is 4.79 Å². The third kappa shape index (κ3) is 4.88. The highest BCUT2D eigenvalue weighted by Gasteiger charge is 2.31. The van der Waals surface area contributed by atoms with Gasteiger partial charge in [-0.1, -0.05) is 6.42 Å². The van der Waals surface area contributed by atoms with Crippen molar-refractivity contribution in [2.24, 2.45) is 17.6 Å². The van der Waals surface area contributed by atoms with Gasteiger partial charge in [0.2, 0.25) is 5.91 Å². The number of carbonyl (C=O) groups excluding carboxylic acids is 1. The van der Waals surface area contributed by atoms with Gasteiger partial charge in [-0.25, -0.2) is 0 Å². The van der Waals surface area contributed by atoms with Gasteiger partial charge in [0.1, 0.15) is 0 Å². The molecule has 3 N–H and O–H groups in total. The summed E-state index contributed by atoms with van der Waals surface area (Å²) < 4.78 is 1.30. The van der Waals surface area contributed by atoms with E-state index >= 15 is 0 Å². The Bertz CT molecular complexity index is 413. The Morgan fingerprint density at radius 3 is 2.89 bits per heavy atom. The van der Waals surface area contributed by atoms with Crippen LogP contribution in [0.4, 0.5) is 0 Å². The van der Waals surface area contributed by atoms with E-state index in [2.05, 4.69) is 40.0 Å². The molecular formula is C13H20ClIN2OS. The van der Waals surface area contributed by atoms with Crippen LogP contribution in [0.2, 0.25) is 0 Å². The van der Waals surface area contributed by atoms with Crippen LogP contribution in [0.1, 0.15) is 24.1 Å². The molecule has 1 fully saturated rings. The van der Waals surface area contributed by atoms with E-state index in [4.69, 9.17) is 5.73 Å². The largest absolute Gasteiger partial charge is 0.355 e. The standard InChI is InChI=1S/C13H19IN2OS.ClH/c14-12-5-4-10(18-12)6-7-16-13(17)11-3-1-2-9(11)8-15;/h4-5,9,11H,1-3,6-8,15H2,(H,16,17);1H/t9-,11-;/m1./s1. The Hall–Kier alpha value is 0.150. The molecule has 3 nitrogen and oxygen atoms in total. The van der Waals surface area contributed by atoms with Gasteiger partial charge in [0.15, 0.2) is 0 Å². The van der Waals surface area contributed by atoms with Crippen LogP contribution >= 0.6 is 46.3 Å². The summed E-state index contributed by atoms with van der Waals surface area (Å²) in [6.07, 6.45) is 4.19. The Morgan fingerprint density at radius 2 is 2.26 bits per heavy atom. The summed E-state index contributed by atoms with van der Waals surface area (Å²) in [6.45, 7) is 1.38. The summed E-state index contributed by atoms with van der Waals surface area (Å²) in [6, 6.07) is 4.25. The molecule has 0 saturated heterocycles. The molecule has 0 aliphatic heterocycles. The summed E-state index contributed by atoms with van der Waals surface area (Å²) in [4.78, 5) is 13.4. The van der Waals surface area contributed by atoms with Gasteiger partial charge in [-0.05, 0) is 66.4 Å². The van der Waals surface area contributed by atoms with E-state index in [0.717, 1.165) is 32.2 Å². The molecule has 1 heterocycles. The van der Waals surface area contributed by atoms with Gasteiger partial charge in [-0.15, -0.1) is 23.7 Å². The maximum absolute atomic E-state index is 12.0. The van der Waals surface area contributed by atoms with Crippen molar-refractivity contribution in [1.29, 1.82) is 0 Å². The first-order chi connectivity index (χ1) is 8.70. The van der Waals surface area contributed by atoms with E-state index in [1.807, 2.05) is 0 Å². The van der Waals surface area contributed by atoms with Gasteiger partial charge in [0, 0.05) is 17.3 Å². The summed E-state index contributed by atoms with van der Waals surface area (Å²) in [5, 5.41) is 3.06. The van der Waals surface area contributed by atoms with E-state index in [9.17, 15) is 4.79 Å². The second kappa shape index (κ2) is 8.44. The molecule has 1 aliphatic carbocycles. The molecular weight excluding hydrogens is 395 g/mol. The lowest BCUT2D eigenvalue weighted by Gasteiger charge is -2.17. The first-order valence-corrected chi connectivity index (χ1v) is 8.32. The molecule has 0 radical (unpaired) electrons. The summed E-state index contributed by atoms with van der Waals surface area (Å²) in [5.74, 6) is 0.750. The molecule has 0 aromatic carbocycles. The van der Waals surface area contributed by atoms with Crippen LogP contribution < -0.4 is 11.1 Å². The third-order valence-electron chi connectivity index (χ3n) is 3.60. The predicted molar refractivity (Wildman–Crippen MR) is 90.9 cm³/mol. The molecule has 1 aliphatic rings. The third-order valence-corrected chi connectivity index (χ3v) is 5.55. The van der Waals surface area contributed by atoms with Crippen molar-refractivity contribution in [3.63, 3.8) is 0 Å². The lowest BCUT2D eigenvalue weighted by Crippen LogP contribution is -2.36. The van der Waals surface area contributed by atoms with Crippen LogP contribution in [0.15, 0.2) is 12.1 Å². The molecule has 2 rings (SSSR count). The van der Waals surface area contributed by atoms with Crippen molar-refractivity contribution in [3.05, 3.63) is 19.9 Å². The van der Waals surface area contributed by atoms with Crippen molar-refractivity contribution in [2.75, 3.05) is 13.1 Å². The number of hydrogen-bond acceptors (Lipinski definition) is 3. The van der Waals surface area contributed by atoms with Gasteiger partial charge in [0.25, 0.3) is 0 Å². The fourth-order valence-electron chi connectivity index (χ4n) is 2.59. The number of thiophene rings is 1. The highest BCUT2D eigenvalue weighted by Crippen LogP contribution is 2.30. The zero-order valence-corrected chi connectivity index (χ0v) is 14.5. The number of halogens is 2. The quantitative estimate of drug-likeness (QED) is 0.728. The molecule has 6 heteroatoms. The highest BCUT2D eigenvalue weighted by atomic mass is 127. The van der Waals surface area contributed by atoms with E-state index < -0.39 is 0 Å². The van der Waals surface area contributed by atoms with Crippen LogP contribution in [0.25, 0.3) is 0 Å². The number of nitrogens with two attached hydrogens (primary N) is 1. The van der Waals surface area contributed by atoms with E-state index in [-0.39, 0.29) is 24.2 Å². The number of hydrogen-bond donors (Lipinski definition) is 2. The highest BCUT2D eigenvalue weighted by molar-refractivity contribution is 14.1. The predicted octanol–water partition coefficient (Wildman–Crippen LogP) is 2.81. The molecule has 2 atom stereocenters. The van der Waals surface area contributed by atoms with Crippen LogP contribution in [-0.4, -0.2) is 19.0 Å². The fraction of sp³-hybridized carbons (Fsp3) is 0.615. The van der Waals surface area contributed by atoms with Gasteiger partial charge >= 0.3 is 0 Å². The molecule has 0 spiro atoms. The van der Waals surface area contributed by atoms with Crippen molar-refractivity contribution >= 4 is 52.2 Å². The molecule has 0 unspecified atom stereocenters. The first-order valence-electron chi connectivity index (χ1n) is 6.42. The van der Waals surface area contributed by atoms with Crippen LogP contribution in [0, 0.1) is 14.7 Å². The monoisotopic (exact) mass is 414 g/mol. The molecule has 0 bridgehead atoms. The van der Waals surface area contributed by atoms with Crippen LogP contribution in [0.5, 0.6) is 0 Å². The minimum atomic E-state index is 0. The molecule has 1 aromatic rings. The first kappa shape index (κ1) is 17.2. The summed E-state index contributed by atoms with van der Waals surface area (Å²) >= 11 is 4.11. The van der Waals surface area contributed by atoms with E-state index in [1.165, 1.54) is 7.76 Å². The van der Waals surface area contributed by atoms with E-state index in [1.54, 1.807) is 11.3 Å². The molecule has 1 aromatic heterocycles. The van der Waals surface area contributed by atoms with Gasteiger partial charge < -0.3 is 11.1 Å². The molecule has 108 valence electrons. The Morgan fingerprint density at radius 1 is 1.47 bits per heavy atom. The number of amides is 1. The Kier molecular flexibility index (Phi) is 7.64. The van der Waals surface area contributed by atoms with Crippen molar-refractivity contribution in [1.82, 2.24) is 5.32 Å². The van der Waals surface area contributed by atoms with Gasteiger partial charge in [-0.3, -0.25) is 4.79 Å². The average molecular weight is 415 g/mol. The second-order valence-corrected chi connectivity index (χ2v) is 7.84.